The fourth-order valence-corrected chi connectivity index (χ4v) is 2.79. The Morgan fingerprint density at radius 3 is 2.00 bits per heavy atom. The summed E-state index contributed by atoms with van der Waals surface area (Å²) < 4.78 is 26.2. The molecule has 9 nitrogen and oxygen atoms in total. The van der Waals surface area contributed by atoms with E-state index in [9.17, 15) is 19.2 Å². The van der Waals surface area contributed by atoms with Crippen molar-refractivity contribution in [3.05, 3.63) is 72.3 Å². The third kappa shape index (κ3) is 9.29. The molecule has 196 valence electrons. The third-order valence-electron chi connectivity index (χ3n) is 4.73. The summed E-state index contributed by atoms with van der Waals surface area (Å²) in [6.45, 7) is 11.7. The molecular formula is C28H30O9. The summed E-state index contributed by atoms with van der Waals surface area (Å²) in [6, 6.07) is 11.4. The van der Waals surface area contributed by atoms with E-state index in [0.717, 1.165) is 5.56 Å². The van der Waals surface area contributed by atoms with E-state index in [-0.39, 0.29) is 55.5 Å². The Hall–Kier alpha value is -4.40. The highest BCUT2D eigenvalue weighted by Gasteiger charge is 2.15. The van der Waals surface area contributed by atoms with Crippen molar-refractivity contribution in [2.24, 2.45) is 0 Å². The summed E-state index contributed by atoms with van der Waals surface area (Å²) in [5.41, 5.74) is 2.11. The Morgan fingerprint density at radius 1 is 0.757 bits per heavy atom. The normalized spacial score (nSPS) is 10.1. The first-order chi connectivity index (χ1) is 17.6. The SMILES string of the molecule is C=C(C)C(=O)OCCOc1cc(C(=O)OCCOC(=O)CC)ccc1-c1ccc(OC(=O)C(=C)C)cc1. The minimum absolute atomic E-state index is 0.0196. The number of carbonyl (C=O) groups excluding carboxylic acids is 4. The lowest BCUT2D eigenvalue weighted by molar-refractivity contribution is -0.144. The van der Waals surface area contributed by atoms with E-state index in [4.69, 9.17) is 23.7 Å². The van der Waals surface area contributed by atoms with Crippen LogP contribution in [0.4, 0.5) is 0 Å². The topological polar surface area (TPSA) is 114 Å². The van der Waals surface area contributed by atoms with E-state index in [1.165, 1.54) is 13.0 Å². The Bertz CT molecular complexity index is 1160. The van der Waals surface area contributed by atoms with Crippen LogP contribution in [-0.2, 0) is 28.6 Å². The zero-order valence-corrected chi connectivity index (χ0v) is 21.2. The molecule has 0 saturated heterocycles. The zero-order chi connectivity index (χ0) is 27.4. The first-order valence-electron chi connectivity index (χ1n) is 11.5. The van der Waals surface area contributed by atoms with E-state index in [1.807, 2.05) is 0 Å². The molecule has 0 aliphatic heterocycles. The number of carbonyl (C=O) groups is 4. The van der Waals surface area contributed by atoms with Gasteiger partial charge in [-0.1, -0.05) is 32.2 Å². The van der Waals surface area contributed by atoms with Crippen LogP contribution in [0.3, 0.4) is 0 Å². The molecule has 0 aliphatic rings. The Labute approximate surface area is 215 Å². The predicted octanol–water partition coefficient (Wildman–Crippen LogP) is 4.44. The monoisotopic (exact) mass is 510 g/mol. The lowest BCUT2D eigenvalue weighted by atomic mass is 10.0. The number of hydrogen-bond donors (Lipinski definition) is 0. The zero-order valence-electron chi connectivity index (χ0n) is 21.2. The van der Waals surface area contributed by atoms with Crippen molar-refractivity contribution in [2.45, 2.75) is 27.2 Å². The molecule has 2 rings (SSSR count). The molecule has 0 saturated carbocycles. The standard InChI is InChI=1S/C28H30O9/c1-6-25(29)34-14-16-36-28(32)21-9-12-23(24(17-21)33-13-15-35-26(30)18(2)3)20-7-10-22(11-8-20)37-27(31)19(4)5/h7-12,17H,2,4,6,13-16H2,1,3,5H3. The van der Waals surface area contributed by atoms with Gasteiger partial charge < -0.3 is 23.7 Å². The van der Waals surface area contributed by atoms with E-state index in [0.29, 0.717) is 17.1 Å². The Balaban J connectivity index is 2.19. The van der Waals surface area contributed by atoms with Crippen molar-refractivity contribution in [1.29, 1.82) is 0 Å². The quantitative estimate of drug-likeness (QED) is 0.127. The molecule has 37 heavy (non-hydrogen) atoms. The average Bonchev–Trinajstić information content (AvgIpc) is 2.88. The third-order valence-corrected chi connectivity index (χ3v) is 4.73. The Morgan fingerprint density at radius 2 is 1.38 bits per heavy atom. The van der Waals surface area contributed by atoms with Crippen LogP contribution in [0.25, 0.3) is 11.1 Å². The van der Waals surface area contributed by atoms with Crippen LogP contribution in [0.2, 0.25) is 0 Å². The summed E-state index contributed by atoms with van der Waals surface area (Å²) in [4.78, 5) is 47.1. The molecule has 0 radical (unpaired) electrons. The maximum absolute atomic E-state index is 12.5. The number of benzene rings is 2. The van der Waals surface area contributed by atoms with E-state index < -0.39 is 17.9 Å². The lowest BCUT2D eigenvalue weighted by Gasteiger charge is -2.14. The van der Waals surface area contributed by atoms with Crippen molar-refractivity contribution >= 4 is 23.9 Å². The number of esters is 4. The van der Waals surface area contributed by atoms with Crippen LogP contribution in [0.1, 0.15) is 37.6 Å². The first-order valence-corrected chi connectivity index (χ1v) is 11.5. The van der Waals surface area contributed by atoms with Crippen LogP contribution in [0.15, 0.2) is 66.8 Å². The van der Waals surface area contributed by atoms with Gasteiger partial charge in [0, 0.05) is 23.1 Å². The highest BCUT2D eigenvalue weighted by molar-refractivity contribution is 5.91. The van der Waals surface area contributed by atoms with Crippen molar-refractivity contribution in [2.75, 3.05) is 26.4 Å². The highest BCUT2D eigenvalue weighted by Crippen LogP contribution is 2.32. The van der Waals surface area contributed by atoms with Crippen molar-refractivity contribution in [1.82, 2.24) is 0 Å². The maximum atomic E-state index is 12.5. The second kappa shape index (κ2) is 14.2. The second-order valence-electron chi connectivity index (χ2n) is 7.88. The molecular weight excluding hydrogens is 480 g/mol. The van der Waals surface area contributed by atoms with Gasteiger partial charge in [0.2, 0.25) is 0 Å². The van der Waals surface area contributed by atoms with Gasteiger partial charge in [0.25, 0.3) is 0 Å². The van der Waals surface area contributed by atoms with Crippen molar-refractivity contribution < 1.29 is 42.9 Å². The van der Waals surface area contributed by atoms with Gasteiger partial charge in [-0.2, -0.15) is 0 Å². The summed E-state index contributed by atoms with van der Waals surface area (Å²) in [6.07, 6.45) is 0.231. The van der Waals surface area contributed by atoms with E-state index in [1.54, 1.807) is 50.2 Å². The number of ether oxygens (including phenoxy) is 5. The van der Waals surface area contributed by atoms with Gasteiger partial charge in [-0.05, 0) is 49.7 Å². The molecule has 2 aromatic rings. The molecule has 0 N–H and O–H groups in total. The minimum Gasteiger partial charge on any atom is -0.489 e. The van der Waals surface area contributed by atoms with Crippen molar-refractivity contribution in [3.63, 3.8) is 0 Å². The molecule has 0 aromatic heterocycles. The largest absolute Gasteiger partial charge is 0.489 e. The summed E-state index contributed by atoms with van der Waals surface area (Å²) in [5.74, 6) is -1.40. The van der Waals surface area contributed by atoms with Gasteiger partial charge in [-0.3, -0.25) is 4.79 Å². The Kier molecular flexibility index (Phi) is 11.1. The fourth-order valence-electron chi connectivity index (χ4n) is 2.79. The van der Waals surface area contributed by atoms with E-state index in [2.05, 4.69) is 13.2 Å². The number of hydrogen-bond acceptors (Lipinski definition) is 9. The fraction of sp³-hybridized carbons (Fsp3) is 0.286. The first kappa shape index (κ1) is 28.8. The van der Waals surface area contributed by atoms with E-state index >= 15 is 0 Å². The molecule has 0 spiro atoms. The summed E-state index contributed by atoms with van der Waals surface area (Å²) in [5, 5.41) is 0. The van der Waals surface area contributed by atoms with Gasteiger partial charge in [0.15, 0.2) is 0 Å². The predicted molar refractivity (Wildman–Crippen MR) is 135 cm³/mol. The summed E-state index contributed by atoms with van der Waals surface area (Å²) in [7, 11) is 0. The average molecular weight is 511 g/mol. The minimum atomic E-state index is -0.625. The van der Waals surface area contributed by atoms with Crippen LogP contribution < -0.4 is 9.47 Å². The van der Waals surface area contributed by atoms with Gasteiger partial charge in [-0.15, -0.1) is 0 Å². The highest BCUT2D eigenvalue weighted by atomic mass is 16.6. The summed E-state index contributed by atoms with van der Waals surface area (Å²) >= 11 is 0. The van der Waals surface area contributed by atoms with Gasteiger partial charge in [0.1, 0.15) is 37.9 Å². The van der Waals surface area contributed by atoms with Crippen LogP contribution in [0.5, 0.6) is 11.5 Å². The van der Waals surface area contributed by atoms with Gasteiger partial charge >= 0.3 is 23.9 Å². The molecule has 0 fully saturated rings. The lowest BCUT2D eigenvalue weighted by Crippen LogP contribution is -2.14. The molecule has 0 heterocycles. The molecule has 2 aromatic carbocycles. The molecule has 0 atom stereocenters. The molecule has 0 amide bonds. The molecule has 9 heteroatoms. The number of rotatable bonds is 13. The smallest absolute Gasteiger partial charge is 0.338 e. The van der Waals surface area contributed by atoms with Crippen LogP contribution in [-0.4, -0.2) is 50.3 Å². The maximum Gasteiger partial charge on any atom is 0.338 e. The second-order valence-corrected chi connectivity index (χ2v) is 7.88. The van der Waals surface area contributed by atoms with Gasteiger partial charge in [0.05, 0.1) is 5.56 Å². The van der Waals surface area contributed by atoms with Crippen LogP contribution in [0, 0.1) is 0 Å². The van der Waals surface area contributed by atoms with Crippen molar-refractivity contribution in [3.8, 4) is 22.6 Å². The molecule has 0 unspecified atom stereocenters. The molecule has 0 aliphatic carbocycles. The van der Waals surface area contributed by atoms with Crippen LogP contribution >= 0.6 is 0 Å². The molecule has 0 bridgehead atoms. The van der Waals surface area contributed by atoms with Gasteiger partial charge in [-0.25, -0.2) is 14.4 Å².